The van der Waals surface area contributed by atoms with Crippen LogP contribution in [-0.2, 0) is 18.1 Å². The van der Waals surface area contributed by atoms with Gasteiger partial charge in [-0.25, -0.2) is 0 Å². The van der Waals surface area contributed by atoms with Gasteiger partial charge in [-0.1, -0.05) is 24.3 Å². The fraction of sp³-hybridized carbons (Fsp3) is 0.444. The maximum absolute atomic E-state index is 5.86. The number of aryl methyl sites for hydroxylation is 1. The van der Waals surface area contributed by atoms with Crippen LogP contribution in [0.4, 0.5) is 0 Å². The van der Waals surface area contributed by atoms with Crippen molar-refractivity contribution in [2.45, 2.75) is 51.3 Å². The predicted octanol–water partition coefficient (Wildman–Crippen LogP) is 4.91. The summed E-state index contributed by atoms with van der Waals surface area (Å²) in [5.74, 6) is 4.02. The Bertz CT molecular complexity index is 569. The van der Waals surface area contributed by atoms with Gasteiger partial charge in [-0.15, -0.1) is 11.8 Å². The van der Waals surface area contributed by atoms with Crippen molar-refractivity contribution in [1.29, 1.82) is 0 Å². The highest BCUT2D eigenvalue weighted by atomic mass is 32.2. The van der Waals surface area contributed by atoms with Crippen LogP contribution in [0.25, 0.3) is 0 Å². The van der Waals surface area contributed by atoms with Gasteiger partial charge in [-0.05, 0) is 51.0 Å². The summed E-state index contributed by atoms with van der Waals surface area (Å²) >= 11 is 1.90. The summed E-state index contributed by atoms with van der Waals surface area (Å²) in [6.45, 7) is 9.43. The van der Waals surface area contributed by atoms with Gasteiger partial charge in [-0.3, -0.25) is 0 Å². The molecule has 0 aliphatic rings. The molecule has 1 heterocycles. The lowest BCUT2D eigenvalue weighted by Gasteiger charge is -2.19. The molecule has 1 N–H and O–H groups in total. The third-order valence-electron chi connectivity index (χ3n) is 3.27. The van der Waals surface area contributed by atoms with Crippen LogP contribution in [0.15, 0.2) is 40.8 Å². The molecular weight excluding hydrogens is 278 g/mol. The summed E-state index contributed by atoms with van der Waals surface area (Å²) in [6, 6.07) is 12.7. The number of hydrogen-bond acceptors (Lipinski definition) is 3. The van der Waals surface area contributed by atoms with E-state index >= 15 is 0 Å². The highest BCUT2D eigenvalue weighted by molar-refractivity contribution is 7.97. The lowest BCUT2D eigenvalue weighted by molar-refractivity contribution is 0.382. The van der Waals surface area contributed by atoms with Crippen molar-refractivity contribution in [2.75, 3.05) is 0 Å². The molecular formula is C18H25NOS. The van der Waals surface area contributed by atoms with Crippen LogP contribution in [-0.4, -0.2) is 5.54 Å². The summed E-state index contributed by atoms with van der Waals surface area (Å²) in [6.07, 6.45) is 0. The Kier molecular flexibility index (Phi) is 5.54. The quantitative estimate of drug-likeness (QED) is 0.821. The second kappa shape index (κ2) is 7.19. The Hall–Kier alpha value is -1.19. The Morgan fingerprint density at radius 1 is 1.00 bits per heavy atom. The molecule has 2 rings (SSSR count). The van der Waals surface area contributed by atoms with Gasteiger partial charge in [0.25, 0.3) is 0 Å². The number of benzene rings is 1. The number of nitrogens with one attached hydrogen (secondary N) is 1. The van der Waals surface area contributed by atoms with Crippen molar-refractivity contribution in [3.63, 3.8) is 0 Å². The average Bonchev–Trinajstić information content (AvgIpc) is 2.86. The summed E-state index contributed by atoms with van der Waals surface area (Å²) in [7, 11) is 0. The van der Waals surface area contributed by atoms with Crippen LogP contribution in [0.2, 0.25) is 0 Å². The molecule has 0 radical (unpaired) electrons. The molecule has 1 aromatic carbocycles. The van der Waals surface area contributed by atoms with Crippen molar-refractivity contribution in [1.82, 2.24) is 5.32 Å². The van der Waals surface area contributed by atoms with E-state index in [1.807, 2.05) is 11.8 Å². The molecule has 0 bridgehead atoms. The topological polar surface area (TPSA) is 25.2 Å². The van der Waals surface area contributed by atoms with Crippen LogP contribution >= 0.6 is 11.8 Å². The summed E-state index contributed by atoms with van der Waals surface area (Å²) < 4.78 is 5.86. The standard InChI is InChI=1S/C18H25NOS/c1-14-7-5-6-8-15(14)12-21-13-17-10-9-16(20-17)11-19-18(2,3)4/h5-10,19H,11-13H2,1-4H3. The summed E-state index contributed by atoms with van der Waals surface area (Å²) in [4.78, 5) is 0. The van der Waals surface area contributed by atoms with Gasteiger partial charge in [-0.2, -0.15) is 0 Å². The smallest absolute Gasteiger partial charge is 0.118 e. The van der Waals surface area contributed by atoms with E-state index in [9.17, 15) is 0 Å². The molecule has 0 atom stereocenters. The van der Waals surface area contributed by atoms with E-state index in [-0.39, 0.29) is 5.54 Å². The van der Waals surface area contributed by atoms with Gasteiger partial charge >= 0.3 is 0 Å². The second-order valence-corrected chi connectivity index (χ2v) is 7.38. The highest BCUT2D eigenvalue weighted by Crippen LogP contribution is 2.21. The number of thioether (sulfide) groups is 1. The van der Waals surface area contributed by atoms with Crippen LogP contribution in [0, 0.1) is 6.92 Å². The minimum absolute atomic E-state index is 0.118. The molecule has 3 heteroatoms. The van der Waals surface area contributed by atoms with Gasteiger partial charge in [0, 0.05) is 11.3 Å². The average molecular weight is 303 g/mol. The van der Waals surface area contributed by atoms with E-state index in [1.165, 1.54) is 11.1 Å². The van der Waals surface area contributed by atoms with Gasteiger partial charge in [0.2, 0.25) is 0 Å². The van der Waals surface area contributed by atoms with Crippen LogP contribution in [0.3, 0.4) is 0 Å². The molecule has 0 amide bonds. The Morgan fingerprint density at radius 3 is 2.43 bits per heavy atom. The predicted molar refractivity (Wildman–Crippen MR) is 91.5 cm³/mol. The van der Waals surface area contributed by atoms with E-state index in [4.69, 9.17) is 4.42 Å². The highest BCUT2D eigenvalue weighted by Gasteiger charge is 2.10. The Morgan fingerprint density at radius 2 is 1.71 bits per heavy atom. The molecule has 0 saturated heterocycles. The van der Waals surface area contributed by atoms with E-state index in [1.54, 1.807) is 0 Å². The van der Waals surface area contributed by atoms with Crippen LogP contribution in [0.5, 0.6) is 0 Å². The van der Waals surface area contributed by atoms with Crippen LogP contribution in [0.1, 0.15) is 43.4 Å². The molecule has 0 spiro atoms. The monoisotopic (exact) mass is 303 g/mol. The first-order valence-electron chi connectivity index (χ1n) is 7.39. The van der Waals surface area contributed by atoms with Crippen molar-refractivity contribution >= 4 is 11.8 Å². The maximum Gasteiger partial charge on any atom is 0.118 e. The molecule has 0 fully saturated rings. The van der Waals surface area contributed by atoms with Crippen molar-refractivity contribution < 1.29 is 4.42 Å². The second-order valence-electron chi connectivity index (χ2n) is 6.39. The van der Waals surface area contributed by atoms with Gasteiger partial charge < -0.3 is 9.73 Å². The number of rotatable bonds is 6. The van der Waals surface area contributed by atoms with Crippen molar-refractivity contribution in [2.24, 2.45) is 0 Å². The lowest BCUT2D eigenvalue weighted by Crippen LogP contribution is -2.34. The largest absolute Gasteiger partial charge is 0.464 e. The SMILES string of the molecule is Cc1ccccc1CSCc1ccc(CNC(C)(C)C)o1. The zero-order valence-corrected chi connectivity index (χ0v) is 14.2. The molecule has 0 unspecified atom stereocenters. The van der Waals surface area contributed by atoms with Gasteiger partial charge in [0.15, 0.2) is 0 Å². The lowest BCUT2D eigenvalue weighted by atomic mass is 10.1. The van der Waals surface area contributed by atoms with Gasteiger partial charge in [0.1, 0.15) is 11.5 Å². The Balaban J connectivity index is 1.79. The minimum Gasteiger partial charge on any atom is -0.464 e. The zero-order chi connectivity index (χ0) is 15.3. The molecule has 0 saturated carbocycles. The molecule has 21 heavy (non-hydrogen) atoms. The first-order valence-corrected chi connectivity index (χ1v) is 8.54. The van der Waals surface area contributed by atoms with E-state index in [0.717, 1.165) is 29.6 Å². The van der Waals surface area contributed by atoms with E-state index in [0.29, 0.717) is 0 Å². The fourth-order valence-corrected chi connectivity index (χ4v) is 2.98. The zero-order valence-electron chi connectivity index (χ0n) is 13.4. The van der Waals surface area contributed by atoms with Crippen molar-refractivity contribution in [3.8, 4) is 0 Å². The maximum atomic E-state index is 5.86. The molecule has 114 valence electrons. The summed E-state index contributed by atoms with van der Waals surface area (Å²) in [5, 5.41) is 3.44. The Labute approximate surface area is 132 Å². The number of furan rings is 1. The third kappa shape index (κ3) is 5.60. The fourth-order valence-electron chi connectivity index (χ4n) is 1.98. The first kappa shape index (κ1) is 16.2. The molecule has 2 aromatic rings. The minimum atomic E-state index is 0.118. The summed E-state index contributed by atoms with van der Waals surface area (Å²) in [5.41, 5.74) is 2.88. The molecule has 0 aliphatic carbocycles. The molecule has 0 aliphatic heterocycles. The third-order valence-corrected chi connectivity index (χ3v) is 4.28. The van der Waals surface area contributed by atoms with E-state index in [2.05, 4.69) is 69.4 Å². The van der Waals surface area contributed by atoms with Crippen molar-refractivity contribution in [3.05, 3.63) is 59.0 Å². The molecule has 2 nitrogen and oxygen atoms in total. The van der Waals surface area contributed by atoms with Crippen LogP contribution < -0.4 is 5.32 Å². The first-order chi connectivity index (χ1) is 9.94. The molecule has 1 aromatic heterocycles. The number of hydrogen-bond donors (Lipinski definition) is 1. The van der Waals surface area contributed by atoms with Gasteiger partial charge in [0.05, 0.1) is 12.3 Å². The van der Waals surface area contributed by atoms with E-state index < -0.39 is 0 Å². The normalized spacial score (nSPS) is 11.8.